The van der Waals surface area contributed by atoms with Gasteiger partial charge in [0.1, 0.15) is 0 Å². The van der Waals surface area contributed by atoms with Gasteiger partial charge in [-0.3, -0.25) is 4.79 Å². The first kappa shape index (κ1) is 14.4. The Hall–Kier alpha value is -1.58. The SMILES string of the molecule is CC[C@@H](Oc1ccccc1F)C(=O)N[C@H]1C[C@H]2CC[C@H]1C2. The van der Waals surface area contributed by atoms with E-state index in [1.165, 1.54) is 25.3 Å². The Morgan fingerprint density at radius 1 is 1.38 bits per heavy atom. The van der Waals surface area contributed by atoms with Crippen molar-refractivity contribution in [3.63, 3.8) is 0 Å². The smallest absolute Gasteiger partial charge is 0.261 e. The molecule has 4 atom stereocenters. The summed E-state index contributed by atoms with van der Waals surface area (Å²) in [5, 5.41) is 3.11. The Morgan fingerprint density at radius 2 is 2.19 bits per heavy atom. The zero-order valence-corrected chi connectivity index (χ0v) is 12.3. The number of amides is 1. The highest BCUT2D eigenvalue weighted by molar-refractivity contribution is 5.81. The third kappa shape index (κ3) is 3.04. The molecule has 1 amide bonds. The van der Waals surface area contributed by atoms with Crippen molar-refractivity contribution in [3.8, 4) is 5.75 Å². The summed E-state index contributed by atoms with van der Waals surface area (Å²) in [6, 6.07) is 6.50. The van der Waals surface area contributed by atoms with Gasteiger partial charge in [-0.15, -0.1) is 0 Å². The number of nitrogens with one attached hydrogen (secondary N) is 1. The van der Waals surface area contributed by atoms with Gasteiger partial charge in [0.15, 0.2) is 17.7 Å². The summed E-state index contributed by atoms with van der Waals surface area (Å²) in [6.45, 7) is 1.88. The Kier molecular flexibility index (Phi) is 4.13. The molecule has 3 nitrogen and oxygen atoms in total. The van der Waals surface area contributed by atoms with Crippen LogP contribution in [-0.2, 0) is 4.79 Å². The molecule has 0 saturated heterocycles. The summed E-state index contributed by atoms with van der Waals surface area (Å²) >= 11 is 0. The molecule has 2 aliphatic carbocycles. The van der Waals surface area contributed by atoms with Crippen LogP contribution in [0.5, 0.6) is 5.75 Å². The molecule has 2 aliphatic rings. The molecular formula is C17H22FNO2. The van der Waals surface area contributed by atoms with Crippen molar-refractivity contribution in [2.45, 2.75) is 51.2 Å². The Labute approximate surface area is 124 Å². The number of benzene rings is 1. The highest BCUT2D eigenvalue weighted by atomic mass is 19.1. The van der Waals surface area contributed by atoms with E-state index in [0.717, 1.165) is 12.3 Å². The number of halogens is 1. The van der Waals surface area contributed by atoms with E-state index in [2.05, 4.69) is 5.32 Å². The molecule has 0 spiro atoms. The molecule has 3 rings (SSSR count). The van der Waals surface area contributed by atoms with Crippen molar-refractivity contribution in [1.82, 2.24) is 5.32 Å². The fourth-order valence-electron chi connectivity index (χ4n) is 3.71. The second-order valence-electron chi connectivity index (χ2n) is 6.24. The predicted molar refractivity (Wildman–Crippen MR) is 78.5 cm³/mol. The first-order valence-electron chi connectivity index (χ1n) is 7.89. The molecule has 2 saturated carbocycles. The summed E-state index contributed by atoms with van der Waals surface area (Å²) in [5.74, 6) is 1.02. The van der Waals surface area contributed by atoms with Gasteiger partial charge in [-0.05, 0) is 49.7 Å². The lowest BCUT2D eigenvalue weighted by Gasteiger charge is -2.25. The van der Waals surface area contributed by atoms with Crippen LogP contribution in [-0.4, -0.2) is 18.1 Å². The standard InChI is InChI=1S/C17H22FNO2/c1-2-15(21-16-6-4-3-5-13(16)18)17(20)19-14-10-11-7-8-12(14)9-11/h3-6,11-12,14-15H,2,7-10H2,1H3,(H,19,20)/t11-,12-,14-,15+/m0/s1. The number of hydrogen-bond donors (Lipinski definition) is 1. The number of para-hydroxylation sites is 1. The summed E-state index contributed by atoms with van der Waals surface area (Å²) in [7, 11) is 0. The molecule has 0 aliphatic heterocycles. The van der Waals surface area contributed by atoms with Crippen LogP contribution in [0.15, 0.2) is 24.3 Å². The number of carbonyl (C=O) groups is 1. The van der Waals surface area contributed by atoms with Gasteiger partial charge in [0.05, 0.1) is 0 Å². The molecule has 1 aromatic carbocycles. The third-order valence-corrected chi connectivity index (χ3v) is 4.83. The Morgan fingerprint density at radius 3 is 2.81 bits per heavy atom. The highest BCUT2D eigenvalue weighted by Crippen LogP contribution is 2.44. The second-order valence-corrected chi connectivity index (χ2v) is 6.24. The lowest BCUT2D eigenvalue weighted by molar-refractivity contribution is -0.129. The highest BCUT2D eigenvalue weighted by Gasteiger charge is 2.40. The Balaban J connectivity index is 1.60. The maximum atomic E-state index is 13.6. The fourth-order valence-corrected chi connectivity index (χ4v) is 3.71. The lowest BCUT2D eigenvalue weighted by atomic mass is 9.95. The molecular weight excluding hydrogens is 269 g/mol. The van der Waals surface area contributed by atoms with Crippen molar-refractivity contribution in [2.75, 3.05) is 0 Å². The van der Waals surface area contributed by atoms with E-state index in [1.54, 1.807) is 18.2 Å². The van der Waals surface area contributed by atoms with Gasteiger partial charge in [-0.2, -0.15) is 0 Å². The minimum absolute atomic E-state index is 0.113. The van der Waals surface area contributed by atoms with Crippen LogP contribution in [0.1, 0.15) is 39.0 Å². The van der Waals surface area contributed by atoms with E-state index in [0.29, 0.717) is 12.3 Å². The molecule has 2 fully saturated rings. The normalized spacial score (nSPS) is 28.4. The number of carbonyl (C=O) groups excluding carboxylic acids is 1. The average molecular weight is 291 g/mol. The molecule has 4 heteroatoms. The zero-order valence-electron chi connectivity index (χ0n) is 12.3. The van der Waals surface area contributed by atoms with E-state index >= 15 is 0 Å². The van der Waals surface area contributed by atoms with E-state index in [-0.39, 0.29) is 17.7 Å². The molecule has 114 valence electrons. The van der Waals surface area contributed by atoms with Crippen molar-refractivity contribution in [1.29, 1.82) is 0 Å². The van der Waals surface area contributed by atoms with Crippen molar-refractivity contribution >= 4 is 5.91 Å². The lowest BCUT2D eigenvalue weighted by Crippen LogP contribution is -2.45. The van der Waals surface area contributed by atoms with Crippen LogP contribution in [0.3, 0.4) is 0 Å². The summed E-state index contributed by atoms with van der Waals surface area (Å²) in [4.78, 5) is 12.4. The maximum absolute atomic E-state index is 13.6. The molecule has 0 aromatic heterocycles. The molecule has 2 bridgehead atoms. The maximum Gasteiger partial charge on any atom is 0.261 e. The topological polar surface area (TPSA) is 38.3 Å². The van der Waals surface area contributed by atoms with Crippen LogP contribution in [0.2, 0.25) is 0 Å². The number of hydrogen-bond acceptors (Lipinski definition) is 2. The van der Waals surface area contributed by atoms with E-state index < -0.39 is 11.9 Å². The Bertz CT molecular complexity index is 519. The van der Waals surface area contributed by atoms with Gasteiger partial charge in [-0.1, -0.05) is 25.5 Å². The number of fused-ring (bicyclic) bond motifs is 2. The molecule has 1 aromatic rings. The number of rotatable bonds is 5. The van der Waals surface area contributed by atoms with Crippen LogP contribution in [0, 0.1) is 17.7 Å². The van der Waals surface area contributed by atoms with Gasteiger partial charge in [0.2, 0.25) is 0 Å². The quantitative estimate of drug-likeness (QED) is 0.904. The fraction of sp³-hybridized carbons (Fsp3) is 0.588. The van der Waals surface area contributed by atoms with E-state index in [1.807, 2.05) is 6.92 Å². The molecule has 1 N–H and O–H groups in total. The second kappa shape index (κ2) is 6.04. The third-order valence-electron chi connectivity index (χ3n) is 4.83. The molecule has 21 heavy (non-hydrogen) atoms. The summed E-state index contributed by atoms with van der Waals surface area (Å²) < 4.78 is 19.2. The minimum atomic E-state index is -0.624. The largest absolute Gasteiger partial charge is 0.478 e. The first-order chi connectivity index (χ1) is 10.2. The van der Waals surface area contributed by atoms with Gasteiger partial charge in [-0.25, -0.2) is 4.39 Å². The van der Waals surface area contributed by atoms with Gasteiger partial charge in [0, 0.05) is 6.04 Å². The van der Waals surface area contributed by atoms with E-state index in [4.69, 9.17) is 4.74 Å². The van der Waals surface area contributed by atoms with Gasteiger partial charge >= 0.3 is 0 Å². The number of ether oxygens (including phenoxy) is 1. The first-order valence-corrected chi connectivity index (χ1v) is 7.89. The molecule has 0 radical (unpaired) electrons. The summed E-state index contributed by atoms with van der Waals surface area (Å²) in [5.41, 5.74) is 0. The van der Waals surface area contributed by atoms with E-state index in [9.17, 15) is 9.18 Å². The predicted octanol–water partition coefficient (Wildman–Crippen LogP) is 3.29. The van der Waals surface area contributed by atoms with Crippen LogP contribution < -0.4 is 10.1 Å². The van der Waals surface area contributed by atoms with Gasteiger partial charge < -0.3 is 10.1 Å². The van der Waals surface area contributed by atoms with Crippen LogP contribution in [0.4, 0.5) is 4.39 Å². The molecule has 0 heterocycles. The minimum Gasteiger partial charge on any atom is -0.478 e. The van der Waals surface area contributed by atoms with Crippen molar-refractivity contribution < 1.29 is 13.9 Å². The zero-order chi connectivity index (χ0) is 14.8. The summed E-state index contributed by atoms with van der Waals surface area (Å²) in [6.07, 6.45) is 4.77. The van der Waals surface area contributed by atoms with Crippen LogP contribution >= 0.6 is 0 Å². The van der Waals surface area contributed by atoms with Crippen molar-refractivity contribution in [3.05, 3.63) is 30.1 Å². The van der Waals surface area contributed by atoms with Crippen LogP contribution in [0.25, 0.3) is 0 Å². The van der Waals surface area contributed by atoms with Gasteiger partial charge in [0.25, 0.3) is 5.91 Å². The molecule has 0 unspecified atom stereocenters. The van der Waals surface area contributed by atoms with Crippen molar-refractivity contribution in [2.24, 2.45) is 11.8 Å². The average Bonchev–Trinajstić information content (AvgIpc) is 3.09. The monoisotopic (exact) mass is 291 g/mol.